The van der Waals surface area contributed by atoms with Gasteiger partial charge in [0.25, 0.3) is 0 Å². The van der Waals surface area contributed by atoms with E-state index in [0.717, 1.165) is 18.4 Å². The highest BCUT2D eigenvalue weighted by Gasteiger charge is 2.28. The highest BCUT2D eigenvalue weighted by Crippen LogP contribution is 2.30. The topological polar surface area (TPSA) is 63.4 Å². The fourth-order valence-corrected chi connectivity index (χ4v) is 3.97. The minimum absolute atomic E-state index is 0.160. The van der Waals surface area contributed by atoms with Crippen molar-refractivity contribution in [1.29, 1.82) is 0 Å². The Morgan fingerprint density at radius 1 is 1.42 bits per heavy atom. The van der Waals surface area contributed by atoms with Crippen molar-refractivity contribution >= 4 is 21.6 Å². The first kappa shape index (κ1) is 14.8. The van der Waals surface area contributed by atoms with E-state index in [1.165, 1.54) is 16.8 Å². The lowest BCUT2D eigenvalue weighted by molar-refractivity contribution is 0.263. The summed E-state index contributed by atoms with van der Waals surface area (Å²) in [7, 11) is -1.89. The molecule has 0 unspecified atom stereocenters. The largest absolute Gasteiger partial charge is 0.326 e. The number of halogens is 1. The van der Waals surface area contributed by atoms with Crippen LogP contribution in [0.3, 0.4) is 0 Å². The third-order valence-corrected chi connectivity index (χ3v) is 5.97. The molecule has 0 atom stereocenters. The number of rotatable bonds is 5. The van der Waals surface area contributed by atoms with Crippen molar-refractivity contribution < 1.29 is 8.42 Å². The minimum Gasteiger partial charge on any atom is -0.326 e. The molecule has 0 heterocycles. The molecule has 1 aromatic rings. The highest BCUT2D eigenvalue weighted by atomic mass is 35.5. The average Bonchev–Trinajstić information content (AvgIpc) is 2.32. The van der Waals surface area contributed by atoms with E-state index < -0.39 is 10.0 Å². The molecule has 0 aliphatic heterocycles. The van der Waals surface area contributed by atoms with Gasteiger partial charge in [-0.2, -0.15) is 0 Å². The third kappa shape index (κ3) is 3.11. The number of sulfonamides is 1. The summed E-state index contributed by atoms with van der Waals surface area (Å²) in [5.74, 6) is 0.488. The predicted molar refractivity (Wildman–Crippen MR) is 76.5 cm³/mol. The van der Waals surface area contributed by atoms with Gasteiger partial charge in [-0.25, -0.2) is 12.7 Å². The molecular weight excluding hydrogens is 284 g/mol. The summed E-state index contributed by atoms with van der Waals surface area (Å²) in [6.07, 6.45) is 3.42. The molecule has 1 aliphatic carbocycles. The van der Waals surface area contributed by atoms with Crippen LogP contribution in [0.15, 0.2) is 23.1 Å². The molecule has 2 rings (SSSR count). The quantitative estimate of drug-likeness (QED) is 0.907. The number of hydrogen-bond acceptors (Lipinski definition) is 3. The molecule has 1 fully saturated rings. The molecule has 4 nitrogen and oxygen atoms in total. The number of nitrogens with two attached hydrogens (primary N) is 1. The molecule has 0 spiro atoms. The van der Waals surface area contributed by atoms with E-state index in [9.17, 15) is 8.42 Å². The fraction of sp³-hybridized carbons (Fsp3) is 0.538. The second kappa shape index (κ2) is 5.79. The molecule has 2 N–H and O–H groups in total. The first-order chi connectivity index (χ1) is 8.95. The van der Waals surface area contributed by atoms with Crippen LogP contribution in [0.25, 0.3) is 0 Å². The van der Waals surface area contributed by atoms with Crippen LogP contribution >= 0.6 is 11.6 Å². The van der Waals surface area contributed by atoms with Gasteiger partial charge in [-0.1, -0.05) is 24.1 Å². The Balaban J connectivity index is 2.22. The van der Waals surface area contributed by atoms with E-state index in [1.54, 1.807) is 19.2 Å². The maximum absolute atomic E-state index is 12.4. The van der Waals surface area contributed by atoms with Gasteiger partial charge < -0.3 is 5.73 Å². The summed E-state index contributed by atoms with van der Waals surface area (Å²) in [5, 5.41) is 0.239. The lowest BCUT2D eigenvalue weighted by Gasteiger charge is -2.29. The number of benzene rings is 1. The monoisotopic (exact) mass is 302 g/mol. The zero-order chi connectivity index (χ0) is 14.0. The number of hydrogen-bond donors (Lipinski definition) is 1. The molecular formula is C13H19ClN2O2S. The van der Waals surface area contributed by atoms with Crippen LogP contribution in [0.2, 0.25) is 5.02 Å². The Morgan fingerprint density at radius 2 is 2.11 bits per heavy atom. The van der Waals surface area contributed by atoms with Crippen LogP contribution in [0.5, 0.6) is 0 Å². The molecule has 1 aliphatic rings. The van der Waals surface area contributed by atoms with Crippen LogP contribution < -0.4 is 5.73 Å². The minimum atomic E-state index is -3.51. The van der Waals surface area contributed by atoms with E-state index >= 15 is 0 Å². The standard InChI is InChI=1S/C13H19ClN2O2S/c1-16(9-10-3-2-4-10)19(17,18)13-6-5-11(8-15)7-12(13)14/h5-7,10H,2-4,8-9,15H2,1H3. The van der Waals surface area contributed by atoms with Gasteiger partial charge in [0.15, 0.2) is 0 Å². The SMILES string of the molecule is CN(CC1CCC1)S(=O)(=O)c1ccc(CN)cc1Cl. The van der Waals surface area contributed by atoms with Gasteiger partial charge in [-0.05, 0) is 36.5 Å². The second-order valence-corrected chi connectivity index (χ2v) is 7.47. The van der Waals surface area contributed by atoms with Crippen LogP contribution in [-0.2, 0) is 16.6 Å². The Kier molecular flexibility index (Phi) is 4.50. The lowest BCUT2D eigenvalue weighted by Crippen LogP contribution is -2.34. The van der Waals surface area contributed by atoms with Crippen molar-refractivity contribution in [3.05, 3.63) is 28.8 Å². The van der Waals surface area contributed by atoms with Gasteiger partial charge in [0.1, 0.15) is 4.90 Å². The molecule has 0 bridgehead atoms. The average molecular weight is 303 g/mol. The van der Waals surface area contributed by atoms with Gasteiger partial charge in [-0.3, -0.25) is 0 Å². The molecule has 0 radical (unpaired) electrons. The van der Waals surface area contributed by atoms with E-state index in [4.69, 9.17) is 17.3 Å². The Morgan fingerprint density at radius 3 is 2.58 bits per heavy atom. The van der Waals surface area contributed by atoms with Gasteiger partial charge in [0.2, 0.25) is 10.0 Å². The molecule has 19 heavy (non-hydrogen) atoms. The summed E-state index contributed by atoms with van der Waals surface area (Å²) in [6, 6.07) is 4.86. The van der Waals surface area contributed by atoms with E-state index in [1.807, 2.05) is 0 Å². The summed E-state index contributed by atoms with van der Waals surface area (Å²) in [4.78, 5) is 0.160. The molecule has 106 valence electrons. The molecule has 1 saturated carbocycles. The van der Waals surface area contributed by atoms with Gasteiger partial charge in [0, 0.05) is 20.1 Å². The van der Waals surface area contributed by atoms with Crippen molar-refractivity contribution in [1.82, 2.24) is 4.31 Å². The van der Waals surface area contributed by atoms with Crippen LogP contribution in [0.4, 0.5) is 0 Å². The van der Waals surface area contributed by atoms with Gasteiger partial charge in [-0.15, -0.1) is 0 Å². The van der Waals surface area contributed by atoms with Gasteiger partial charge >= 0.3 is 0 Å². The Hall–Kier alpha value is -0.620. The second-order valence-electron chi connectivity index (χ2n) is 5.05. The van der Waals surface area contributed by atoms with Gasteiger partial charge in [0.05, 0.1) is 5.02 Å². The summed E-state index contributed by atoms with van der Waals surface area (Å²) in [6.45, 7) is 0.912. The lowest BCUT2D eigenvalue weighted by atomic mass is 9.86. The highest BCUT2D eigenvalue weighted by molar-refractivity contribution is 7.89. The first-order valence-electron chi connectivity index (χ1n) is 6.40. The van der Waals surface area contributed by atoms with Crippen LogP contribution in [0, 0.1) is 5.92 Å². The zero-order valence-electron chi connectivity index (χ0n) is 11.0. The van der Waals surface area contributed by atoms with Crippen molar-refractivity contribution in [2.75, 3.05) is 13.6 Å². The molecule has 6 heteroatoms. The van der Waals surface area contributed by atoms with Crippen LogP contribution in [0.1, 0.15) is 24.8 Å². The first-order valence-corrected chi connectivity index (χ1v) is 8.22. The van der Waals surface area contributed by atoms with Crippen LogP contribution in [-0.4, -0.2) is 26.3 Å². The van der Waals surface area contributed by atoms with Crippen molar-refractivity contribution in [2.45, 2.75) is 30.7 Å². The molecule has 1 aromatic carbocycles. The smallest absolute Gasteiger partial charge is 0.244 e. The van der Waals surface area contributed by atoms with E-state index in [0.29, 0.717) is 19.0 Å². The maximum atomic E-state index is 12.4. The van der Waals surface area contributed by atoms with E-state index in [2.05, 4.69) is 0 Å². The number of nitrogens with zero attached hydrogens (tertiary/aromatic N) is 1. The molecule has 0 saturated heterocycles. The maximum Gasteiger partial charge on any atom is 0.244 e. The van der Waals surface area contributed by atoms with E-state index in [-0.39, 0.29) is 9.92 Å². The molecule has 0 aromatic heterocycles. The summed E-state index contributed by atoms with van der Waals surface area (Å²) in [5.41, 5.74) is 6.34. The Labute approximate surface area is 119 Å². The summed E-state index contributed by atoms with van der Waals surface area (Å²) >= 11 is 6.06. The predicted octanol–water partition coefficient (Wildman–Crippen LogP) is 2.22. The van der Waals surface area contributed by atoms with Crippen molar-refractivity contribution in [3.8, 4) is 0 Å². The van der Waals surface area contributed by atoms with Crippen molar-refractivity contribution in [2.24, 2.45) is 11.7 Å². The zero-order valence-corrected chi connectivity index (χ0v) is 12.5. The summed E-state index contributed by atoms with van der Waals surface area (Å²) < 4.78 is 26.3. The van der Waals surface area contributed by atoms with Crippen molar-refractivity contribution in [3.63, 3.8) is 0 Å². The fourth-order valence-electron chi connectivity index (χ4n) is 2.19. The molecule has 0 amide bonds. The normalized spacial score (nSPS) is 16.6. The third-order valence-electron chi connectivity index (χ3n) is 3.66. The Bertz CT molecular complexity index is 556.